The third-order valence-corrected chi connectivity index (χ3v) is 10.8. The molecule has 4 aromatic rings. The van der Waals surface area contributed by atoms with Gasteiger partial charge in [0.05, 0.1) is 23.8 Å². The number of nitrogens with zero attached hydrogens (tertiary/aromatic N) is 5. The first-order chi connectivity index (χ1) is 21.3. The number of rotatable bonds is 6. The van der Waals surface area contributed by atoms with Gasteiger partial charge in [-0.15, -0.1) is 0 Å². The number of methoxy groups -OCH3 is 1. The lowest BCUT2D eigenvalue weighted by atomic mass is 9.88. The lowest BCUT2D eigenvalue weighted by Gasteiger charge is -2.31. The van der Waals surface area contributed by atoms with Gasteiger partial charge in [0.1, 0.15) is 11.3 Å². The first kappa shape index (κ1) is 27.5. The minimum atomic E-state index is -0.834. The molecule has 2 amide bonds. The first-order valence-electron chi connectivity index (χ1n) is 16.0. The fourth-order valence-electron chi connectivity index (χ4n) is 8.27. The molecule has 230 valence electrons. The minimum absolute atomic E-state index is 0.00138. The summed E-state index contributed by atoms with van der Waals surface area (Å²) in [5.74, 6) is 2.81. The van der Waals surface area contributed by atoms with Gasteiger partial charge in [-0.3, -0.25) is 4.79 Å². The SMILES string of the molecule is COc1cc(C(=O)N2C[C@H]3CC[C@@H]2[C@@H]3N)cc2nc(-c3cc4cccc(C5CCN(C(=O)O)CC5)c4n3CC3CC3)n(C)c12. The largest absolute Gasteiger partial charge is 0.494 e. The number of aryl methyl sites for hydroxylation is 1. The highest BCUT2D eigenvalue weighted by Crippen LogP contribution is 2.42. The van der Waals surface area contributed by atoms with Gasteiger partial charge in [0, 0.05) is 56.3 Å². The Labute approximate surface area is 256 Å². The molecule has 3 atom stereocenters. The van der Waals surface area contributed by atoms with Gasteiger partial charge < -0.3 is 34.5 Å². The van der Waals surface area contributed by atoms with Crippen LogP contribution < -0.4 is 10.5 Å². The topological polar surface area (TPSA) is 119 Å². The number of carbonyl (C=O) groups is 2. The molecule has 0 unspecified atom stereocenters. The quantitative estimate of drug-likeness (QED) is 0.322. The van der Waals surface area contributed by atoms with E-state index >= 15 is 0 Å². The summed E-state index contributed by atoms with van der Waals surface area (Å²) in [5.41, 5.74) is 12.2. The number of piperidine rings is 2. The van der Waals surface area contributed by atoms with Crippen LogP contribution in [0, 0.1) is 11.8 Å². The number of hydrogen-bond donors (Lipinski definition) is 2. The first-order valence-corrected chi connectivity index (χ1v) is 16.0. The molecule has 3 N–H and O–H groups in total. The Morgan fingerprint density at radius 2 is 1.84 bits per heavy atom. The molecule has 4 fully saturated rings. The number of nitrogens with two attached hydrogens (primary N) is 1. The van der Waals surface area contributed by atoms with E-state index in [9.17, 15) is 14.7 Å². The van der Waals surface area contributed by atoms with Crippen LogP contribution in [0.5, 0.6) is 5.75 Å². The zero-order valence-corrected chi connectivity index (χ0v) is 25.4. The average Bonchev–Trinajstić information content (AvgIpc) is 3.42. The van der Waals surface area contributed by atoms with E-state index in [2.05, 4.69) is 33.4 Å². The molecule has 2 saturated heterocycles. The Morgan fingerprint density at radius 1 is 1.05 bits per heavy atom. The minimum Gasteiger partial charge on any atom is -0.494 e. The highest BCUT2D eigenvalue weighted by Gasteiger charge is 2.47. The van der Waals surface area contributed by atoms with Crippen LogP contribution in [0.2, 0.25) is 0 Å². The second-order valence-corrected chi connectivity index (χ2v) is 13.4. The van der Waals surface area contributed by atoms with Gasteiger partial charge in [-0.1, -0.05) is 18.2 Å². The molecule has 10 heteroatoms. The average molecular weight is 597 g/mol. The van der Waals surface area contributed by atoms with E-state index in [1.807, 2.05) is 24.1 Å². The number of fused-ring (bicyclic) bond motifs is 4. The summed E-state index contributed by atoms with van der Waals surface area (Å²) in [7, 11) is 3.67. The second kappa shape index (κ2) is 10.3. The number of amides is 2. The number of hydrogen-bond acceptors (Lipinski definition) is 5. The van der Waals surface area contributed by atoms with E-state index in [1.165, 1.54) is 34.2 Å². The van der Waals surface area contributed by atoms with Crippen LogP contribution in [0.3, 0.4) is 0 Å². The number of imidazole rings is 1. The summed E-state index contributed by atoms with van der Waals surface area (Å²) in [6, 6.07) is 12.7. The summed E-state index contributed by atoms with van der Waals surface area (Å²) >= 11 is 0. The van der Waals surface area contributed by atoms with Crippen molar-refractivity contribution >= 4 is 33.9 Å². The molecule has 8 rings (SSSR count). The van der Waals surface area contributed by atoms with Crippen molar-refractivity contribution in [3.8, 4) is 17.3 Å². The molecule has 10 nitrogen and oxygen atoms in total. The molecular formula is C34H40N6O4. The maximum Gasteiger partial charge on any atom is 0.407 e. The van der Waals surface area contributed by atoms with E-state index in [1.54, 1.807) is 7.11 Å². The summed E-state index contributed by atoms with van der Waals surface area (Å²) < 4.78 is 10.4. The predicted molar refractivity (Wildman–Crippen MR) is 168 cm³/mol. The van der Waals surface area contributed by atoms with Gasteiger partial charge in [0.2, 0.25) is 0 Å². The van der Waals surface area contributed by atoms with E-state index in [-0.39, 0.29) is 18.0 Å². The lowest BCUT2D eigenvalue weighted by molar-refractivity contribution is 0.0700. The van der Waals surface area contributed by atoms with Gasteiger partial charge in [0.25, 0.3) is 5.91 Å². The van der Waals surface area contributed by atoms with Gasteiger partial charge in [-0.2, -0.15) is 0 Å². The number of carbonyl (C=O) groups excluding carboxylic acids is 1. The number of benzene rings is 2. The van der Waals surface area contributed by atoms with Crippen molar-refractivity contribution in [2.24, 2.45) is 24.6 Å². The highest BCUT2D eigenvalue weighted by molar-refractivity contribution is 6.00. The Bertz CT molecular complexity index is 1800. The summed E-state index contributed by atoms with van der Waals surface area (Å²) in [6.07, 6.45) is 5.32. The Balaban J connectivity index is 1.22. The Hall–Kier alpha value is -4.05. The van der Waals surface area contributed by atoms with E-state index < -0.39 is 6.09 Å². The molecule has 2 aliphatic carbocycles. The van der Waals surface area contributed by atoms with E-state index in [0.717, 1.165) is 61.3 Å². The van der Waals surface area contributed by atoms with E-state index in [0.29, 0.717) is 42.2 Å². The molecule has 2 saturated carbocycles. The number of carboxylic acid groups (broad SMARTS) is 1. The molecule has 0 radical (unpaired) electrons. The Kier molecular flexibility index (Phi) is 6.41. The number of ether oxygens (including phenoxy) is 1. The third-order valence-electron chi connectivity index (χ3n) is 10.8. The normalized spacial score (nSPS) is 23.8. The molecule has 2 aromatic heterocycles. The Morgan fingerprint density at radius 3 is 2.50 bits per heavy atom. The number of aromatic nitrogens is 3. The maximum absolute atomic E-state index is 13.7. The summed E-state index contributed by atoms with van der Waals surface area (Å²) in [6.45, 7) is 2.76. The molecule has 2 bridgehead atoms. The lowest BCUT2D eigenvalue weighted by Crippen LogP contribution is -2.41. The summed E-state index contributed by atoms with van der Waals surface area (Å²) in [5, 5.41) is 10.7. The van der Waals surface area contributed by atoms with Crippen LogP contribution in [0.15, 0.2) is 36.4 Å². The van der Waals surface area contributed by atoms with Crippen LogP contribution in [0.1, 0.15) is 60.4 Å². The van der Waals surface area contributed by atoms with Crippen molar-refractivity contribution in [2.75, 3.05) is 26.7 Å². The van der Waals surface area contributed by atoms with Crippen molar-refractivity contribution in [3.05, 3.63) is 47.5 Å². The van der Waals surface area contributed by atoms with Gasteiger partial charge >= 0.3 is 6.09 Å². The van der Waals surface area contributed by atoms with Crippen molar-refractivity contribution in [3.63, 3.8) is 0 Å². The standard InChI is InChI=1S/C34H40N6O4/c1-37-31-25(14-23(16-28(31)44-2)33(41)40-18-22-8-9-26(40)29(22)35)36-32(37)27-15-21-4-3-5-24(30(21)39(27)17-19-6-7-19)20-10-12-38(13-11-20)34(42)43/h3-5,14-16,19-20,22,26,29H,6-13,17-18,35H2,1-2H3,(H,42,43)/t22-,26-,29-/m1/s1. The molecule has 4 heterocycles. The third kappa shape index (κ3) is 4.29. The van der Waals surface area contributed by atoms with Crippen molar-refractivity contribution in [2.45, 2.75) is 63.1 Å². The van der Waals surface area contributed by atoms with Crippen LogP contribution >= 0.6 is 0 Å². The number of para-hydroxylation sites is 1. The van der Waals surface area contributed by atoms with Crippen molar-refractivity contribution in [1.82, 2.24) is 23.9 Å². The highest BCUT2D eigenvalue weighted by atomic mass is 16.5. The monoisotopic (exact) mass is 596 g/mol. The maximum atomic E-state index is 13.7. The van der Waals surface area contributed by atoms with Crippen LogP contribution in [0.4, 0.5) is 4.79 Å². The molecule has 44 heavy (non-hydrogen) atoms. The second-order valence-electron chi connectivity index (χ2n) is 13.4. The molecule has 0 spiro atoms. The smallest absolute Gasteiger partial charge is 0.407 e. The fraction of sp³-hybridized carbons (Fsp3) is 0.500. The molecule has 4 aliphatic rings. The molecular weight excluding hydrogens is 556 g/mol. The van der Waals surface area contributed by atoms with Crippen molar-refractivity contribution in [1.29, 1.82) is 0 Å². The number of likely N-dealkylation sites (tertiary alicyclic amines) is 2. The zero-order valence-electron chi connectivity index (χ0n) is 25.4. The van der Waals surface area contributed by atoms with E-state index in [4.69, 9.17) is 15.5 Å². The van der Waals surface area contributed by atoms with Gasteiger partial charge in [-0.05, 0) is 80.0 Å². The zero-order chi connectivity index (χ0) is 30.3. The predicted octanol–water partition coefficient (Wildman–Crippen LogP) is 5.03. The van der Waals surface area contributed by atoms with Gasteiger partial charge in [-0.25, -0.2) is 9.78 Å². The summed E-state index contributed by atoms with van der Waals surface area (Å²) in [4.78, 5) is 33.9. The van der Waals surface area contributed by atoms with Crippen LogP contribution in [-0.2, 0) is 13.6 Å². The van der Waals surface area contributed by atoms with Gasteiger partial charge in [0.15, 0.2) is 5.82 Å². The van der Waals surface area contributed by atoms with Crippen LogP contribution in [-0.4, -0.2) is 79.9 Å². The van der Waals surface area contributed by atoms with Crippen LogP contribution in [0.25, 0.3) is 33.5 Å². The fourth-order valence-corrected chi connectivity index (χ4v) is 8.27. The molecule has 2 aliphatic heterocycles. The molecule has 2 aromatic carbocycles. The van der Waals surface area contributed by atoms with Crippen molar-refractivity contribution < 1.29 is 19.4 Å².